The van der Waals surface area contributed by atoms with Crippen molar-refractivity contribution in [1.82, 2.24) is 5.32 Å². The molecule has 100 valence electrons. The van der Waals surface area contributed by atoms with Gasteiger partial charge in [-0.2, -0.15) is 0 Å². The van der Waals surface area contributed by atoms with Crippen molar-refractivity contribution in [3.05, 3.63) is 24.3 Å². The van der Waals surface area contributed by atoms with Crippen molar-refractivity contribution in [1.29, 1.82) is 0 Å². The third-order valence-corrected chi connectivity index (χ3v) is 3.24. The number of ether oxygens (including phenoxy) is 1. The first-order valence-electron chi connectivity index (χ1n) is 6.66. The molecular weight excluding hydrogens is 228 g/mol. The molecule has 1 aliphatic rings. The molecule has 1 aromatic rings. The fraction of sp³-hybridized carbons (Fsp3) is 0.571. The summed E-state index contributed by atoms with van der Waals surface area (Å²) in [5.74, 6) is 0.961. The first-order chi connectivity index (χ1) is 8.85. The molecular formula is C14H22N2O2. The minimum atomic E-state index is 0.200. The molecule has 2 N–H and O–H groups in total. The summed E-state index contributed by atoms with van der Waals surface area (Å²) in [5, 5.41) is 12.2. The van der Waals surface area contributed by atoms with Crippen LogP contribution in [-0.2, 0) is 0 Å². The predicted octanol–water partition coefficient (Wildman–Crippen LogP) is 1.25. The Labute approximate surface area is 109 Å². The van der Waals surface area contributed by atoms with Crippen molar-refractivity contribution in [2.75, 3.05) is 37.7 Å². The van der Waals surface area contributed by atoms with Crippen LogP contribution >= 0.6 is 0 Å². The van der Waals surface area contributed by atoms with E-state index in [1.54, 1.807) is 0 Å². The molecule has 2 rings (SSSR count). The van der Waals surface area contributed by atoms with E-state index in [0.717, 1.165) is 25.3 Å². The van der Waals surface area contributed by atoms with Crippen LogP contribution in [-0.4, -0.2) is 44.0 Å². The van der Waals surface area contributed by atoms with Gasteiger partial charge in [-0.3, -0.25) is 0 Å². The summed E-state index contributed by atoms with van der Waals surface area (Å²) in [6, 6.07) is 8.65. The molecule has 1 atom stereocenters. The third-order valence-electron chi connectivity index (χ3n) is 3.24. The monoisotopic (exact) mass is 250 g/mol. The summed E-state index contributed by atoms with van der Waals surface area (Å²) >= 11 is 0. The summed E-state index contributed by atoms with van der Waals surface area (Å²) in [7, 11) is 0. The van der Waals surface area contributed by atoms with Gasteiger partial charge in [0, 0.05) is 25.7 Å². The van der Waals surface area contributed by atoms with Crippen LogP contribution in [0.1, 0.15) is 13.3 Å². The Morgan fingerprint density at radius 3 is 3.06 bits per heavy atom. The number of rotatable bonds is 6. The SMILES string of the molecule is CCOc1ccccc1N1CCC(NCCO)C1. The highest BCUT2D eigenvalue weighted by atomic mass is 16.5. The van der Waals surface area contributed by atoms with Crippen LogP contribution in [0.5, 0.6) is 5.75 Å². The van der Waals surface area contributed by atoms with E-state index in [1.807, 2.05) is 25.1 Å². The van der Waals surface area contributed by atoms with Gasteiger partial charge in [0.1, 0.15) is 5.75 Å². The summed E-state index contributed by atoms with van der Waals surface area (Å²) in [4.78, 5) is 2.35. The molecule has 18 heavy (non-hydrogen) atoms. The summed E-state index contributed by atoms with van der Waals surface area (Å²) in [6.45, 7) is 5.58. The van der Waals surface area contributed by atoms with Gasteiger partial charge in [-0.1, -0.05) is 12.1 Å². The Kier molecular flexibility index (Phi) is 4.84. The van der Waals surface area contributed by atoms with E-state index in [0.29, 0.717) is 19.2 Å². The van der Waals surface area contributed by atoms with Crippen LogP contribution in [0.3, 0.4) is 0 Å². The maximum atomic E-state index is 8.83. The lowest BCUT2D eigenvalue weighted by molar-refractivity contribution is 0.286. The fourth-order valence-corrected chi connectivity index (χ4v) is 2.41. The molecule has 1 saturated heterocycles. The van der Waals surface area contributed by atoms with Crippen molar-refractivity contribution in [2.24, 2.45) is 0 Å². The maximum absolute atomic E-state index is 8.83. The largest absolute Gasteiger partial charge is 0.492 e. The molecule has 0 saturated carbocycles. The second-order valence-electron chi connectivity index (χ2n) is 4.51. The van der Waals surface area contributed by atoms with Crippen molar-refractivity contribution in [2.45, 2.75) is 19.4 Å². The lowest BCUT2D eigenvalue weighted by Gasteiger charge is -2.21. The first kappa shape index (κ1) is 13.2. The van der Waals surface area contributed by atoms with E-state index in [9.17, 15) is 0 Å². The molecule has 4 heteroatoms. The maximum Gasteiger partial charge on any atom is 0.142 e. The van der Waals surface area contributed by atoms with E-state index >= 15 is 0 Å². The highest BCUT2D eigenvalue weighted by Crippen LogP contribution is 2.30. The fourth-order valence-electron chi connectivity index (χ4n) is 2.41. The quantitative estimate of drug-likeness (QED) is 0.797. The van der Waals surface area contributed by atoms with Gasteiger partial charge in [0.25, 0.3) is 0 Å². The molecule has 0 bridgehead atoms. The molecule has 4 nitrogen and oxygen atoms in total. The Balaban J connectivity index is 2.00. The Hall–Kier alpha value is -1.26. The van der Waals surface area contributed by atoms with Crippen molar-refractivity contribution >= 4 is 5.69 Å². The lowest BCUT2D eigenvalue weighted by Crippen LogP contribution is -2.34. The van der Waals surface area contributed by atoms with Crippen LogP contribution in [0.25, 0.3) is 0 Å². The smallest absolute Gasteiger partial charge is 0.142 e. The van der Waals surface area contributed by atoms with E-state index in [2.05, 4.69) is 16.3 Å². The molecule has 1 unspecified atom stereocenters. The van der Waals surface area contributed by atoms with Crippen LogP contribution in [0, 0.1) is 0 Å². The Morgan fingerprint density at radius 2 is 2.28 bits per heavy atom. The second kappa shape index (κ2) is 6.61. The molecule has 0 amide bonds. The number of nitrogens with one attached hydrogen (secondary N) is 1. The van der Waals surface area contributed by atoms with Gasteiger partial charge in [0.2, 0.25) is 0 Å². The van der Waals surface area contributed by atoms with Crippen LogP contribution in [0.4, 0.5) is 5.69 Å². The molecule has 1 fully saturated rings. The van der Waals surface area contributed by atoms with Crippen molar-refractivity contribution in [3.63, 3.8) is 0 Å². The van der Waals surface area contributed by atoms with Crippen LogP contribution < -0.4 is 15.0 Å². The normalized spacial score (nSPS) is 19.2. The summed E-state index contributed by atoms with van der Waals surface area (Å²) in [6.07, 6.45) is 1.11. The molecule has 0 spiro atoms. The standard InChI is InChI=1S/C14H22N2O2/c1-2-18-14-6-4-3-5-13(14)16-9-7-12(11-16)15-8-10-17/h3-6,12,15,17H,2,7-11H2,1H3. The first-order valence-corrected chi connectivity index (χ1v) is 6.66. The predicted molar refractivity (Wildman–Crippen MR) is 73.3 cm³/mol. The zero-order valence-electron chi connectivity index (χ0n) is 10.9. The number of para-hydroxylation sites is 2. The zero-order chi connectivity index (χ0) is 12.8. The molecule has 1 heterocycles. The summed E-state index contributed by atoms with van der Waals surface area (Å²) < 4.78 is 5.66. The summed E-state index contributed by atoms with van der Waals surface area (Å²) in [5.41, 5.74) is 1.17. The third kappa shape index (κ3) is 3.15. The number of hydrogen-bond donors (Lipinski definition) is 2. The Morgan fingerprint density at radius 1 is 1.44 bits per heavy atom. The van der Waals surface area contributed by atoms with Crippen molar-refractivity contribution in [3.8, 4) is 5.75 Å². The number of nitrogens with zero attached hydrogens (tertiary/aromatic N) is 1. The van der Waals surface area contributed by atoms with Gasteiger partial charge in [-0.25, -0.2) is 0 Å². The lowest BCUT2D eigenvalue weighted by atomic mass is 10.2. The van der Waals surface area contributed by atoms with Gasteiger partial charge in [0.15, 0.2) is 0 Å². The zero-order valence-corrected chi connectivity index (χ0v) is 10.9. The second-order valence-corrected chi connectivity index (χ2v) is 4.51. The van der Waals surface area contributed by atoms with E-state index in [-0.39, 0.29) is 6.61 Å². The number of aliphatic hydroxyl groups is 1. The van der Waals surface area contributed by atoms with Gasteiger partial charge in [-0.05, 0) is 25.5 Å². The van der Waals surface area contributed by atoms with E-state index < -0.39 is 0 Å². The number of benzene rings is 1. The molecule has 0 aromatic heterocycles. The topological polar surface area (TPSA) is 44.7 Å². The molecule has 0 aliphatic carbocycles. The highest BCUT2D eigenvalue weighted by molar-refractivity contribution is 5.59. The minimum absolute atomic E-state index is 0.200. The average molecular weight is 250 g/mol. The highest BCUT2D eigenvalue weighted by Gasteiger charge is 2.23. The number of anilines is 1. The van der Waals surface area contributed by atoms with Crippen LogP contribution in [0.15, 0.2) is 24.3 Å². The van der Waals surface area contributed by atoms with E-state index in [4.69, 9.17) is 9.84 Å². The average Bonchev–Trinajstić information content (AvgIpc) is 2.86. The number of hydrogen-bond acceptors (Lipinski definition) is 4. The van der Waals surface area contributed by atoms with Gasteiger partial charge in [0.05, 0.1) is 18.9 Å². The molecule has 1 aliphatic heterocycles. The van der Waals surface area contributed by atoms with E-state index in [1.165, 1.54) is 5.69 Å². The van der Waals surface area contributed by atoms with Crippen LogP contribution in [0.2, 0.25) is 0 Å². The van der Waals surface area contributed by atoms with Gasteiger partial charge < -0.3 is 20.1 Å². The minimum Gasteiger partial charge on any atom is -0.492 e. The number of aliphatic hydroxyl groups excluding tert-OH is 1. The molecule has 0 radical (unpaired) electrons. The molecule has 1 aromatic carbocycles. The van der Waals surface area contributed by atoms with Crippen molar-refractivity contribution < 1.29 is 9.84 Å². The Bertz CT molecular complexity index is 371. The van der Waals surface area contributed by atoms with Gasteiger partial charge in [-0.15, -0.1) is 0 Å². The van der Waals surface area contributed by atoms with Gasteiger partial charge >= 0.3 is 0 Å².